The zero-order valence-corrected chi connectivity index (χ0v) is 12.0. The highest BCUT2D eigenvalue weighted by Crippen LogP contribution is 2.29. The van der Waals surface area contributed by atoms with E-state index in [1.807, 2.05) is 0 Å². The van der Waals surface area contributed by atoms with E-state index >= 15 is 0 Å². The average molecular weight is 303 g/mol. The molecule has 114 valence electrons. The van der Waals surface area contributed by atoms with Gasteiger partial charge < -0.3 is 15.5 Å². The van der Waals surface area contributed by atoms with E-state index in [9.17, 15) is 24.2 Å². The number of carbonyl (C=O) groups is 2. The lowest BCUT2D eigenvalue weighted by Crippen LogP contribution is -2.12. The molecule has 22 heavy (non-hydrogen) atoms. The highest BCUT2D eigenvalue weighted by Gasteiger charge is 2.22. The second kappa shape index (κ2) is 5.85. The number of hydrogen-bond donors (Lipinski definition) is 3. The first-order chi connectivity index (χ1) is 10.3. The SMILES string of the molecule is Cc1cc(Nc2ccc(F)cc2)c(C(=O)O)c(C)c1C(=O)O. The molecular formula is C16H14FNO4. The molecule has 0 aliphatic heterocycles. The summed E-state index contributed by atoms with van der Waals surface area (Å²) in [6, 6.07) is 6.89. The van der Waals surface area contributed by atoms with Crippen LogP contribution in [0.4, 0.5) is 15.8 Å². The standard InChI is InChI=1S/C16H14FNO4/c1-8-7-12(18-11-5-3-10(17)4-6-11)14(16(21)22)9(2)13(8)15(19)20/h3-7,18H,1-2H3,(H,19,20)(H,21,22). The van der Waals surface area contributed by atoms with Crippen LogP contribution in [-0.4, -0.2) is 22.2 Å². The summed E-state index contributed by atoms with van der Waals surface area (Å²) >= 11 is 0. The number of rotatable bonds is 4. The van der Waals surface area contributed by atoms with E-state index in [0.717, 1.165) is 0 Å². The number of aryl methyl sites for hydroxylation is 1. The molecule has 6 heteroatoms. The van der Waals surface area contributed by atoms with Crippen LogP contribution in [0.25, 0.3) is 0 Å². The van der Waals surface area contributed by atoms with E-state index in [-0.39, 0.29) is 22.4 Å². The number of carboxylic acids is 2. The predicted molar refractivity (Wildman–Crippen MR) is 79.5 cm³/mol. The maximum atomic E-state index is 12.9. The highest BCUT2D eigenvalue weighted by atomic mass is 19.1. The third-order valence-electron chi connectivity index (χ3n) is 3.33. The van der Waals surface area contributed by atoms with Crippen molar-refractivity contribution in [1.82, 2.24) is 0 Å². The lowest BCUT2D eigenvalue weighted by molar-refractivity contribution is 0.0695. The summed E-state index contributed by atoms with van der Waals surface area (Å²) in [5.41, 5.74) is 1.24. The molecule has 0 atom stereocenters. The van der Waals surface area contributed by atoms with E-state index in [0.29, 0.717) is 11.3 Å². The molecule has 0 unspecified atom stereocenters. The van der Waals surface area contributed by atoms with E-state index in [1.54, 1.807) is 6.92 Å². The number of benzene rings is 2. The summed E-state index contributed by atoms with van der Waals surface area (Å²) in [5.74, 6) is -2.81. The first-order valence-electron chi connectivity index (χ1n) is 6.44. The van der Waals surface area contributed by atoms with Crippen molar-refractivity contribution in [3.8, 4) is 0 Å². The van der Waals surface area contributed by atoms with Gasteiger partial charge in [-0.05, 0) is 55.3 Å². The van der Waals surface area contributed by atoms with E-state index in [4.69, 9.17) is 0 Å². The van der Waals surface area contributed by atoms with Crippen molar-refractivity contribution in [1.29, 1.82) is 0 Å². The molecule has 0 bridgehead atoms. The van der Waals surface area contributed by atoms with Crippen LogP contribution in [0.5, 0.6) is 0 Å². The van der Waals surface area contributed by atoms with Crippen LogP contribution in [0.2, 0.25) is 0 Å². The van der Waals surface area contributed by atoms with Crippen molar-refractivity contribution in [3.63, 3.8) is 0 Å². The van der Waals surface area contributed by atoms with Crippen LogP contribution < -0.4 is 5.32 Å². The Labute approximate surface area is 126 Å². The topological polar surface area (TPSA) is 86.6 Å². The number of halogens is 1. The molecule has 0 heterocycles. The Hall–Kier alpha value is -2.89. The van der Waals surface area contributed by atoms with Gasteiger partial charge in [0.15, 0.2) is 0 Å². The van der Waals surface area contributed by atoms with E-state index < -0.39 is 17.8 Å². The second-order valence-corrected chi connectivity index (χ2v) is 4.86. The van der Waals surface area contributed by atoms with Crippen molar-refractivity contribution in [2.45, 2.75) is 13.8 Å². The summed E-state index contributed by atoms with van der Waals surface area (Å²) in [7, 11) is 0. The first kappa shape index (κ1) is 15.5. The number of carboxylic acid groups (broad SMARTS) is 2. The molecule has 0 saturated carbocycles. The molecule has 3 N–H and O–H groups in total. The summed E-state index contributed by atoms with van der Waals surface area (Å²) in [5, 5.41) is 21.5. The molecule has 0 saturated heterocycles. The van der Waals surface area contributed by atoms with Crippen molar-refractivity contribution in [2.75, 3.05) is 5.32 Å². The summed E-state index contributed by atoms with van der Waals surface area (Å²) in [6.45, 7) is 3.05. The van der Waals surface area contributed by atoms with Gasteiger partial charge in [0.05, 0.1) is 16.8 Å². The number of aromatic carboxylic acids is 2. The molecule has 2 aromatic rings. The summed E-state index contributed by atoms with van der Waals surface area (Å²) in [4.78, 5) is 22.7. The van der Waals surface area contributed by atoms with Gasteiger partial charge in [-0.1, -0.05) is 0 Å². The third kappa shape index (κ3) is 2.90. The van der Waals surface area contributed by atoms with Crippen molar-refractivity contribution >= 4 is 23.3 Å². The van der Waals surface area contributed by atoms with Crippen LogP contribution in [0.3, 0.4) is 0 Å². The van der Waals surface area contributed by atoms with Crippen LogP contribution in [0, 0.1) is 19.7 Å². The quantitative estimate of drug-likeness (QED) is 0.803. The van der Waals surface area contributed by atoms with Crippen LogP contribution >= 0.6 is 0 Å². The number of anilines is 2. The van der Waals surface area contributed by atoms with Crippen LogP contribution in [-0.2, 0) is 0 Å². The normalized spacial score (nSPS) is 10.3. The number of hydrogen-bond acceptors (Lipinski definition) is 3. The minimum Gasteiger partial charge on any atom is -0.478 e. The molecule has 0 amide bonds. The summed E-state index contributed by atoms with van der Waals surface area (Å²) in [6.07, 6.45) is 0. The molecule has 0 aliphatic carbocycles. The Bertz CT molecular complexity index is 754. The minimum atomic E-state index is -1.23. The smallest absolute Gasteiger partial charge is 0.338 e. The fourth-order valence-corrected chi connectivity index (χ4v) is 2.38. The third-order valence-corrected chi connectivity index (χ3v) is 3.33. The van der Waals surface area contributed by atoms with Gasteiger partial charge in [0.1, 0.15) is 5.82 Å². The van der Waals surface area contributed by atoms with E-state index in [2.05, 4.69) is 5.32 Å². The largest absolute Gasteiger partial charge is 0.478 e. The molecule has 0 spiro atoms. The van der Waals surface area contributed by atoms with Gasteiger partial charge in [-0.3, -0.25) is 0 Å². The fraction of sp³-hybridized carbons (Fsp3) is 0.125. The molecular weight excluding hydrogens is 289 g/mol. The Kier molecular flexibility index (Phi) is 4.12. The molecule has 5 nitrogen and oxygen atoms in total. The van der Waals surface area contributed by atoms with Crippen LogP contribution in [0.1, 0.15) is 31.8 Å². The zero-order chi connectivity index (χ0) is 16.4. The molecule has 0 fully saturated rings. The van der Waals surface area contributed by atoms with Gasteiger partial charge in [0, 0.05) is 5.69 Å². The molecule has 2 aromatic carbocycles. The fourth-order valence-electron chi connectivity index (χ4n) is 2.38. The second-order valence-electron chi connectivity index (χ2n) is 4.86. The van der Waals surface area contributed by atoms with E-state index in [1.165, 1.54) is 37.3 Å². The Morgan fingerprint density at radius 2 is 1.55 bits per heavy atom. The molecule has 0 radical (unpaired) electrons. The van der Waals surface area contributed by atoms with Gasteiger partial charge in [-0.15, -0.1) is 0 Å². The Morgan fingerprint density at radius 1 is 1.00 bits per heavy atom. The maximum absolute atomic E-state index is 12.9. The molecule has 0 aliphatic rings. The molecule has 0 aromatic heterocycles. The van der Waals surface area contributed by atoms with Crippen molar-refractivity contribution in [2.24, 2.45) is 0 Å². The van der Waals surface area contributed by atoms with Gasteiger partial charge in [-0.2, -0.15) is 0 Å². The Balaban J connectivity index is 2.58. The van der Waals surface area contributed by atoms with Gasteiger partial charge in [0.2, 0.25) is 0 Å². The Morgan fingerprint density at radius 3 is 2.05 bits per heavy atom. The highest BCUT2D eigenvalue weighted by molar-refractivity contribution is 6.02. The summed E-state index contributed by atoms with van der Waals surface area (Å²) < 4.78 is 12.9. The monoisotopic (exact) mass is 303 g/mol. The van der Waals surface area contributed by atoms with Gasteiger partial charge in [-0.25, -0.2) is 14.0 Å². The average Bonchev–Trinajstić information content (AvgIpc) is 2.40. The van der Waals surface area contributed by atoms with Gasteiger partial charge >= 0.3 is 11.9 Å². The number of nitrogens with one attached hydrogen (secondary N) is 1. The van der Waals surface area contributed by atoms with Gasteiger partial charge in [0.25, 0.3) is 0 Å². The van der Waals surface area contributed by atoms with Crippen molar-refractivity contribution < 1.29 is 24.2 Å². The maximum Gasteiger partial charge on any atom is 0.338 e. The lowest BCUT2D eigenvalue weighted by Gasteiger charge is -2.16. The lowest BCUT2D eigenvalue weighted by atomic mass is 9.95. The van der Waals surface area contributed by atoms with Crippen LogP contribution in [0.15, 0.2) is 30.3 Å². The van der Waals surface area contributed by atoms with Crippen molar-refractivity contribution in [3.05, 3.63) is 58.4 Å². The predicted octanol–water partition coefficient (Wildman–Crippen LogP) is 3.58. The first-order valence-corrected chi connectivity index (χ1v) is 6.44. The zero-order valence-electron chi connectivity index (χ0n) is 12.0. The molecule has 2 rings (SSSR count). The minimum absolute atomic E-state index is 0.0259.